The van der Waals surface area contributed by atoms with Gasteiger partial charge in [-0.2, -0.15) is 0 Å². The molecule has 0 bridgehead atoms. The molecule has 2 aliphatic heterocycles. The van der Waals surface area contributed by atoms with Gasteiger partial charge in [-0.25, -0.2) is 0 Å². The molecule has 44 heavy (non-hydrogen) atoms. The highest BCUT2D eigenvalue weighted by atomic mass is 16.6. The van der Waals surface area contributed by atoms with E-state index in [4.69, 9.17) is 14.2 Å². The van der Waals surface area contributed by atoms with Crippen LogP contribution in [-0.2, 0) is 27.2 Å². The molecule has 1 unspecified atom stereocenters. The lowest BCUT2D eigenvalue weighted by molar-refractivity contribution is -0.162. The molecule has 2 amide bonds. The molecule has 0 radical (unpaired) electrons. The number of hydrogen-bond acceptors (Lipinski definition) is 5. The van der Waals surface area contributed by atoms with E-state index in [1.54, 1.807) is 0 Å². The summed E-state index contributed by atoms with van der Waals surface area (Å²) in [5, 5.41) is 0. The minimum Gasteiger partial charge on any atom is -0.493 e. The van der Waals surface area contributed by atoms with Gasteiger partial charge in [-0.05, 0) is 67.0 Å². The second kappa shape index (κ2) is 16.3. The Hall–Kier alpha value is -3.06. The Balaban J connectivity index is 1.32. The van der Waals surface area contributed by atoms with Crippen molar-refractivity contribution in [3.63, 3.8) is 0 Å². The lowest BCUT2D eigenvalue weighted by atomic mass is 9.93. The van der Waals surface area contributed by atoms with Crippen molar-refractivity contribution in [3.05, 3.63) is 59.7 Å². The topological polar surface area (TPSA) is 71.6 Å². The number of benzene rings is 2. The molecule has 7 heteroatoms. The number of unbranched alkanes of at least 4 members (excludes halogenated alkanes) is 6. The number of carbonyl (C=O) groups excluding carboxylic acids is 2. The molecule has 2 aromatic rings. The van der Waals surface area contributed by atoms with Gasteiger partial charge < -0.3 is 24.0 Å². The highest BCUT2D eigenvalue weighted by Crippen LogP contribution is 2.30. The van der Waals surface area contributed by atoms with Crippen LogP contribution < -0.4 is 9.47 Å². The second-order valence-electron chi connectivity index (χ2n) is 12.9. The van der Waals surface area contributed by atoms with Gasteiger partial charge in [-0.15, -0.1) is 0 Å². The average molecular weight is 605 g/mol. The van der Waals surface area contributed by atoms with Crippen molar-refractivity contribution < 1.29 is 23.8 Å². The fourth-order valence-electron chi connectivity index (χ4n) is 6.04. The zero-order valence-electron chi connectivity index (χ0n) is 26.9. The highest BCUT2D eigenvalue weighted by Gasteiger charge is 2.45. The summed E-state index contributed by atoms with van der Waals surface area (Å²) in [6.45, 7) is 7.72. The number of carbonyl (C=O) groups is 2. The first-order valence-corrected chi connectivity index (χ1v) is 17.2. The molecule has 1 saturated carbocycles. The fraction of sp³-hybridized carbons (Fsp3) is 0.622. The molecule has 2 aromatic carbocycles. The summed E-state index contributed by atoms with van der Waals surface area (Å²) in [7, 11) is 0. The lowest BCUT2D eigenvalue weighted by Crippen LogP contribution is -2.66. The van der Waals surface area contributed by atoms with Crippen LogP contribution in [0.2, 0.25) is 0 Å². The van der Waals surface area contributed by atoms with E-state index in [-0.39, 0.29) is 17.9 Å². The lowest BCUT2D eigenvalue weighted by Gasteiger charge is -2.45. The summed E-state index contributed by atoms with van der Waals surface area (Å²) >= 11 is 0. The van der Waals surface area contributed by atoms with Gasteiger partial charge in [0, 0.05) is 25.9 Å². The molecular weight excluding hydrogens is 552 g/mol. The predicted octanol–water partition coefficient (Wildman–Crippen LogP) is 6.61. The van der Waals surface area contributed by atoms with Crippen molar-refractivity contribution in [1.29, 1.82) is 0 Å². The van der Waals surface area contributed by atoms with E-state index in [9.17, 15) is 9.59 Å². The molecule has 3 atom stereocenters. The molecule has 240 valence electrons. The van der Waals surface area contributed by atoms with E-state index < -0.39 is 12.1 Å². The van der Waals surface area contributed by atoms with E-state index >= 15 is 0 Å². The molecule has 7 nitrogen and oxygen atoms in total. The van der Waals surface area contributed by atoms with Gasteiger partial charge >= 0.3 is 0 Å². The van der Waals surface area contributed by atoms with Crippen LogP contribution in [0.3, 0.4) is 0 Å². The van der Waals surface area contributed by atoms with Gasteiger partial charge in [0.1, 0.15) is 36.3 Å². The number of amides is 2. The van der Waals surface area contributed by atoms with Gasteiger partial charge in [0.25, 0.3) is 0 Å². The van der Waals surface area contributed by atoms with Gasteiger partial charge in [0.2, 0.25) is 11.8 Å². The molecular formula is C37H52N2O5. The van der Waals surface area contributed by atoms with Gasteiger partial charge in [0.15, 0.2) is 0 Å². The molecule has 5 rings (SSSR count). The molecule has 2 heterocycles. The number of piperazine rings is 1. The summed E-state index contributed by atoms with van der Waals surface area (Å²) in [4.78, 5) is 32.6. The Labute approximate surface area is 264 Å². The maximum absolute atomic E-state index is 14.4. The summed E-state index contributed by atoms with van der Waals surface area (Å²) < 4.78 is 17.0. The molecule has 0 spiro atoms. The van der Waals surface area contributed by atoms with Crippen LogP contribution >= 0.6 is 0 Å². The standard InChI is InChI=1S/C37H52N2O5/c1-3-5-7-9-21-38-34(23-28-13-17-31(18-14-28)42-25-30-11-12-30)36(40)39(22-10-8-6-4-2)35(37(38)41)24-29-15-19-32(20-16-29)43-26-33-27-44-33/h13-20,30,33-35H,3-12,21-27H2,1-2H3/t33?,34-,35+/m0/s1. The number of nitrogens with zero attached hydrogens (tertiary/aromatic N) is 2. The second-order valence-corrected chi connectivity index (χ2v) is 12.9. The molecule has 0 N–H and O–H groups in total. The van der Waals surface area contributed by atoms with E-state index in [0.29, 0.717) is 38.5 Å². The van der Waals surface area contributed by atoms with Crippen LogP contribution in [0.15, 0.2) is 48.5 Å². The SMILES string of the molecule is CCCCCCN1C(=O)[C@H](Cc2ccc(OCC3CC3)cc2)N(CCCCCC)C(=O)[C@H]1Cc1ccc(OCC2CO2)cc1. The van der Waals surface area contributed by atoms with Crippen molar-refractivity contribution >= 4 is 11.8 Å². The van der Waals surface area contributed by atoms with Crippen LogP contribution in [0.25, 0.3) is 0 Å². The zero-order chi connectivity index (χ0) is 30.7. The van der Waals surface area contributed by atoms with Gasteiger partial charge in [0.05, 0.1) is 13.2 Å². The monoisotopic (exact) mass is 604 g/mol. The molecule has 3 fully saturated rings. The Morgan fingerprint density at radius 1 is 0.659 bits per heavy atom. The fourth-order valence-corrected chi connectivity index (χ4v) is 6.04. The largest absolute Gasteiger partial charge is 0.493 e. The zero-order valence-corrected chi connectivity index (χ0v) is 26.9. The summed E-state index contributed by atoms with van der Waals surface area (Å²) in [6.07, 6.45) is 12.2. The smallest absolute Gasteiger partial charge is 0.246 e. The number of hydrogen-bond donors (Lipinski definition) is 0. The van der Waals surface area contributed by atoms with Crippen LogP contribution in [0.1, 0.15) is 89.2 Å². The predicted molar refractivity (Wildman–Crippen MR) is 173 cm³/mol. The third-order valence-electron chi connectivity index (χ3n) is 9.12. The first kappa shape index (κ1) is 32.3. The van der Waals surface area contributed by atoms with E-state index in [1.807, 2.05) is 46.2 Å². The van der Waals surface area contributed by atoms with Crippen molar-refractivity contribution in [2.75, 3.05) is 32.9 Å². The maximum Gasteiger partial charge on any atom is 0.246 e. The van der Waals surface area contributed by atoms with Crippen molar-refractivity contribution in [3.8, 4) is 11.5 Å². The summed E-state index contributed by atoms with van der Waals surface area (Å²) in [5.74, 6) is 2.54. The Kier molecular flexibility index (Phi) is 12.0. The third-order valence-corrected chi connectivity index (χ3v) is 9.12. The Bertz CT molecular complexity index is 1080. The van der Waals surface area contributed by atoms with Crippen molar-refractivity contribution in [1.82, 2.24) is 9.80 Å². The quantitative estimate of drug-likeness (QED) is 0.126. The average Bonchev–Trinajstić information content (AvgIpc) is 3.97. The first-order valence-electron chi connectivity index (χ1n) is 17.2. The molecule has 3 aliphatic rings. The van der Waals surface area contributed by atoms with E-state index in [0.717, 1.165) is 87.2 Å². The molecule has 0 aromatic heterocycles. The van der Waals surface area contributed by atoms with E-state index in [1.165, 1.54) is 12.8 Å². The molecule has 2 saturated heterocycles. The normalized spacial score (nSPS) is 21.5. The number of ether oxygens (including phenoxy) is 3. The highest BCUT2D eigenvalue weighted by molar-refractivity contribution is 5.97. The minimum atomic E-state index is -0.489. The summed E-state index contributed by atoms with van der Waals surface area (Å²) in [6, 6.07) is 15.1. The van der Waals surface area contributed by atoms with Gasteiger partial charge in [-0.3, -0.25) is 9.59 Å². The Morgan fingerprint density at radius 3 is 1.52 bits per heavy atom. The maximum atomic E-state index is 14.4. The van der Waals surface area contributed by atoms with Crippen molar-refractivity contribution in [2.45, 2.75) is 109 Å². The number of rotatable bonds is 20. The first-order chi connectivity index (χ1) is 21.6. The Morgan fingerprint density at radius 2 is 1.11 bits per heavy atom. The number of epoxide rings is 1. The third kappa shape index (κ3) is 9.47. The minimum absolute atomic E-state index is 0.0807. The van der Waals surface area contributed by atoms with E-state index in [2.05, 4.69) is 26.0 Å². The van der Waals surface area contributed by atoms with Crippen molar-refractivity contribution in [2.24, 2.45) is 5.92 Å². The van der Waals surface area contributed by atoms with Crippen LogP contribution in [0, 0.1) is 5.92 Å². The van der Waals surface area contributed by atoms with Crippen LogP contribution in [0.4, 0.5) is 0 Å². The summed E-state index contributed by atoms with van der Waals surface area (Å²) in [5.41, 5.74) is 2.10. The molecule has 1 aliphatic carbocycles. The van der Waals surface area contributed by atoms with Gasteiger partial charge in [-0.1, -0.05) is 76.6 Å². The van der Waals surface area contributed by atoms with Crippen LogP contribution in [0.5, 0.6) is 11.5 Å². The van der Waals surface area contributed by atoms with Crippen LogP contribution in [-0.4, -0.2) is 72.7 Å².